The van der Waals surface area contributed by atoms with Crippen molar-refractivity contribution in [2.24, 2.45) is 0 Å². The number of aromatic amines is 1. The molecule has 2 N–H and O–H groups in total. The second-order valence-electron chi connectivity index (χ2n) is 4.76. The SMILES string of the molecule is CCC(C)Oc1cccc(NC(=O)c2ccc(=O)[nH]c2)c1. The van der Waals surface area contributed by atoms with Crippen molar-refractivity contribution in [3.05, 3.63) is 58.5 Å². The minimum absolute atomic E-state index is 0.121. The maximum Gasteiger partial charge on any atom is 0.257 e. The van der Waals surface area contributed by atoms with Gasteiger partial charge in [-0.3, -0.25) is 9.59 Å². The lowest BCUT2D eigenvalue weighted by molar-refractivity contribution is 0.102. The molecule has 5 nitrogen and oxygen atoms in total. The number of H-pyrrole nitrogens is 1. The molecule has 2 aromatic rings. The van der Waals surface area contributed by atoms with Crippen LogP contribution in [-0.4, -0.2) is 17.0 Å². The van der Waals surface area contributed by atoms with Crippen LogP contribution in [0.1, 0.15) is 30.6 Å². The molecule has 0 aliphatic rings. The van der Waals surface area contributed by atoms with Crippen LogP contribution in [0.4, 0.5) is 5.69 Å². The second kappa shape index (κ2) is 6.74. The van der Waals surface area contributed by atoms with Crippen molar-refractivity contribution in [2.45, 2.75) is 26.4 Å². The third-order valence-corrected chi connectivity index (χ3v) is 3.05. The molecule has 1 aromatic heterocycles. The van der Waals surface area contributed by atoms with Crippen molar-refractivity contribution < 1.29 is 9.53 Å². The highest BCUT2D eigenvalue weighted by Crippen LogP contribution is 2.19. The third-order valence-electron chi connectivity index (χ3n) is 3.05. The fourth-order valence-electron chi connectivity index (χ4n) is 1.72. The van der Waals surface area contributed by atoms with Gasteiger partial charge in [0.1, 0.15) is 5.75 Å². The Bertz CT molecular complexity index is 659. The van der Waals surface area contributed by atoms with Crippen LogP contribution in [0.25, 0.3) is 0 Å². The van der Waals surface area contributed by atoms with Gasteiger partial charge in [-0.2, -0.15) is 0 Å². The highest BCUT2D eigenvalue weighted by Gasteiger charge is 2.07. The number of rotatable bonds is 5. The lowest BCUT2D eigenvalue weighted by atomic mass is 10.2. The summed E-state index contributed by atoms with van der Waals surface area (Å²) in [6.07, 6.45) is 2.42. The summed E-state index contributed by atoms with van der Waals surface area (Å²) in [7, 11) is 0. The smallest absolute Gasteiger partial charge is 0.257 e. The van der Waals surface area contributed by atoms with Crippen LogP contribution >= 0.6 is 0 Å². The Morgan fingerprint density at radius 2 is 2.14 bits per heavy atom. The average Bonchev–Trinajstić information content (AvgIpc) is 2.48. The van der Waals surface area contributed by atoms with Gasteiger partial charge in [0, 0.05) is 24.0 Å². The highest BCUT2D eigenvalue weighted by molar-refractivity contribution is 6.04. The second-order valence-corrected chi connectivity index (χ2v) is 4.76. The molecule has 0 bridgehead atoms. The number of pyridine rings is 1. The topological polar surface area (TPSA) is 71.2 Å². The first-order valence-electron chi connectivity index (χ1n) is 6.85. The van der Waals surface area contributed by atoms with Crippen LogP contribution in [0.5, 0.6) is 5.75 Å². The zero-order chi connectivity index (χ0) is 15.2. The summed E-state index contributed by atoms with van der Waals surface area (Å²) >= 11 is 0. The van der Waals surface area contributed by atoms with Gasteiger partial charge in [-0.15, -0.1) is 0 Å². The van der Waals surface area contributed by atoms with Crippen molar-refractivity contribution in [1.29, 1.82) is 0 Å². The normalized spacial score (nSPS) is 11.7. The summed E-state index contributed by atoms with van der Waals surface area (Å²) in [5.41, 5.74) is 0.797. The molecule has 5 heteroatoms. The number of amides is 1. The Labute approximate surface area is 123 Å². The van der Waals surface area contributed by atoms with E-state index in [1.165, 1.54) is 18.3 Å². The first-order valence-corrected chi connectivity index (χ1v) is 6.85. The number of hydrogen-bond donors (Lipinski definition) is 2. The van der Waals surface area contributed by atoms with Gasteiger partial charge >= 0.3 is 0 Å². The minimum Gasteiger partial charge on any atom is -0.491 e. The molecule has 0 aliphatic carbocycles. The number of nitrogens with one attached hydrogen (secondary N) is 2. The van der Waals surface area contributed by atoms with Gasteiger partial charge in [-0.1, -0.05) is 13.0 Å². The predicted molar refractivity (Wildman–Crippen MR) is 81.8 cm³/mol. The molecule has 2 rings (SSSR count). The molecule has 0 saturated carbocycles. The van der Waals surface area contributed by atoms with Crippen LogP contribution in [0, 0.1) is 0 Å². The van der Waals surface area contributed by atoms with Crippen molar-refractivity contribution in [3.63, 3.8) is 0 Å². The minimum atomic E-state index is -0.285. The maximum atomic E-state index is 12.0. The van der Waals surface area contributed by atoms with E-state index < -0.39 is 0 Å². The number of hydrogen-bond acceptors (Lipinski definition) is 3. The van der Waals surface area contributed by atoms with Gasteiger partial charge in [0.25, 0.3) is 5.91 Å². The van der Waals surface area contributed by atoms with E-state index in [1.54, 1.807) is 12.1 Å². The molecule has 0 fully saturated rings. The van der Waals surface area contributed by atoms with Crippen LogP contribution in [-0.2, 0) is 0 Å². The van der Waals surface area contributed by atoms with Crippen molar-refractivity contribution in [2.75, 3.05) is 5.32 Å². The zero-order valence-electron chi connectivity index (χ0n) is 12.1. The summed E-state index contributed by atoms with van der Waals surface area (Å²) in [5, 5.41) is 2.77. The molecule has 1 amide bonds. The van der Waals surface area contributed by atoms with Crippen molar-refractivity contribution in [3.8, 4) is 5.75 Å². The fraction of sp³-hybridized carbons (Fsp3) is 0.250. The maximum absolute atomic E-state index is 12.0. The fourth-order valence-corrected chi connectivity index (χ4v) is 1.72. The highest BCUT2D eigenvalue weighted by atomic mass is 16.5. The van der Waals surface area contributed by atoms with E-state index in [4.69, 9.17) is 4.74 Å². The zero-order valence-corrected chi connectivity index (χ0v) is 12.1. The molecule has 1 atom stereocenters. The van der Waals surface area contributed by atoms with Gasteiger partial charge < -0.3 is 15.0 Å². The standard InChI is InChI=1S/C16H18N2O3/c1-3-11(2)21-14-6-4-5-13(9-14)18-16(20)12-7-8-15(19)17-10-12/h4-11H,3H2,1-2H3,(H,17,19)(H,18,20). The van der Waals surface area contributed by atoms with Gasteiger partial charge in [0.05, 0.1) is 11.7 Å². The van der Waals surface area contributed by atoms with E-state index in [1.807, 2.05) is 26.0 Å². The summed E-state index contributed by atoms with van der Waals surface area (Å²) < 4.78 is 5.71. The number of carbonyl (C=O) groups is 1. The molecule has 1 unspecified atom stereocenters. The largest absolute Gasteiger partial charge is 0.491 e. The van der Waals surface area contributed by atoms with Crippen molar-refractivity contribution >= 4 is 11.6 Å². The lowest BCUT2D eigenvalue weighted by Gasteiger charge is -2.13. The van der Waals surface area contributed by atoms with Crippen molar-refractivity contribution in [1.82, 2.24) is 4.98 Å². The first kappa shape index (κ1) is 14.8. The Hall–Kier alpha value is -2.56. The molecule has 21 heavy (non-hydrogen) atoms. The molecular weight excluding hydrogens is 268 g/mol. The molecular formula is C16H18N2O3. The number of carbonyl (C=O) groups excluding carboxylic acids is 1. The molecule has 0 saturated heterocycles. The van der Waals surface area contributed by atoms with E-state index in [0.29, 0.717) is 17.0 Å². The monoisotopic (exact) mass is 286 g/mol. The van der Waals surface area contributed by atoms with Crippen LogP contribution < -0.4 is 15.6 Å². The summed E-state index contributed by atoms with van der Waals surface area (Å²) in [6, 6.07) is 10.0. The van der Waals surface area contributed by atoms with Crippen LogP contribution in [0.15, 0.2) is 47.4 Å². The number of benzene rings is 1. The Morgan fingerprint density at radius 3 is 2.81 bits per heavy atom. The molecule has 1 heterocycles. The average molecular weight is 286 g/mol. The quantitative estimate of drug-likeness (QED) is 0.887. The molecule has 110 valence electrons. The van der Waals surface area contributed by atoms with E-state index in [0.717, 1.165) is 6.42 Å². The number of anilines is 1. The van der Waals surface area contributed by atoms with E-state index in [9.17, 15) is 9.59 Å². The van der Waals surface area contributed by atoms with Gasteiger partial charge in [-0.25, -0.2) is 0 Å². The first-order chi connectivity index (χ1) is 10.1. The van der Waals surface area contributed by atoms with Crippen LogP contribution in [0.3, 0.4) is 0 Å². The van der Waals surface area contributed by atoms with E-state index in [-0.39, 0.29) is 17.6 Å². The van der Waals surface area contributed by atoms with Gasteiger partial charge in [-0.05, 0) is 31.5 Å². The van der Waals surface area contributed by atoms with E-state index in [2.05, 4.69) is 10.3 Å². The number of ether oxygens (including phenoxy) is 1. The third kappa shape index (κ3) is 4.21. The lowest BCUT2D eigenvalue weighted by Crippen LogP contribution is -2.15. The van der Waals surface area contributed by atoms with Gasteiger partial charge in [0.15, 0.2) is 0 Å². The predicted octanol–water partition coefficient (Wildman–Crippen LogP) is 2.80. The Balaban J connectivity index is 2.08. The van der Waals surface area contributed by atoms with E-state index >= 15 is 0 Å². The molecule has 0 spiro atoms. The van der Waals surface area contributed by atoms with Gasteiger partial charge in [0.2, 0.25) is 5.56 Å². The Morgan fingerprint density at radius 1 is 1.33 bits per heavy atom. The molecule has 1 aromatic carbocycles. The summed E-state index contributed by atoms with van der Waals surface area (Å²) in [4.78, 5) is 25.5. The molecule has 0 aliphatic heterocycles. The molecule has 0 radical (unpaired) electrons. The number of aromatic nitrogens is 1. The van der Waals surface area contributed by atoms with Crippen LogP contribution in [0.2, 0.25) is 0 Å². The summed E-state index contributed by atoms with van der Waals surface area (Å²) in [6.45, 7) is 4.04. The summed E-state index contributed by atoms with van der Waals surface area (Å²) in [5.74, 6) is 0.426. The Kier molecular flexibility index (Phi) is 4.77.